The number of halogens is 2. The van der Waals surface area contributed by atoms with Gasteiger partial charge in [0.05, 0.1) is 5.56 Å². The number of benzene rings is 2. The number of anilines is 1. The topological polar surface area (TPSA) is 80.4 Å². The van der Waals surface area contributed by atoms with Gasteiger partial charge in [0.1, 0.15) is 30.0 Å². The maximum absolute atomic E-state index is 13.4. The van der Waals surface area contributed by atoms with Crippen LogP contribution >= 0.6 is 0 Å². The molecule has 0 saturated carbocycles. The van der Waals surface area contributed by atoms with Gasteiger partial charge in [-0.25, -0.2) is 13.6 Å². The Kier molecular flexibility index (Phi) is 5.77. The number of rotatable bonds is 5. The van der Waals surface area contributed by atoms with Gasteiger partial charge in [0.2, 0.25) is 5.88 Å². The van der Waals surface area contributed by atoms with E-state index >= 15 is 0 Å². The molecule has 33 heavy (non-hydrogen) atoms. The number of aromatic nitrogens is 2. The molecule has 9 heteroatoms. The summed E-state index contributed by atoms with van der Waals surface area (Å²) in [6.07, 6.45) is 0.828. The average molecular weight is 452 g/mol. The van der Waals surface area contributed by atoms with Gasteiger partial charge >= 0.3 is 5.69 Å². The van der Waals surface area contributed by atoms with E-state index in [4.69, 9.17) is 9.47 Å². The van der Waals surface area contributed by atoms with Crippen LogP contribution in [0.2, 0.25) is 0 Å². The number of ether oxygens (including phenoxy) is 2. The van der Waals surface area contributed by atoms with Gasteiger partial charge in [0.15, 0.2) is 11.6 Å². The zero-order valence-electron chi connectivity index (χ0n) is 18.4. The lowest BCUT2D eigenvalue weighted by Crippen LogP contribution is -2.49. The minimum Gasteiger partial charge on any atom is -0.473 e. The maximum atomic E-state index is 13.4. The fraction of sp³-hybridized carbons (Fsp3) is 0.292. The Morgan fingerprint density at radius 3 is 2.67 bits per heavy atom. The summed E-state index contributed by atoms with van der Waals surface area (Å²) in [5.74, 6) is -0.842. The molecule has 1 aromatic heterocycles. The molecule has 0 atom stereocenters. The summed E-state index contributed by atoms with van der Waals surface area (Å²) in [5.41, 5.74) is 0.367. The maximum Gasteiger partial charge on any atom is 0.352 e. The van der Waals surface area contributed by atoms with E-state index in [-0.39, 0.29) is 40.8 Å². The molecule has 2 aromatic carbocycles. The molecule has 170 valence electrons. The first-order valence-electron chi connectivity index (χ1n) is 10.3. The van der Waals surface area contributed by atoms with E-state index in [0.29, 0.717) is 12.1 Å². The molecular formula is C24H22F2N4O3. The standard InChI is InChI=1S/C24H22F2N4O3/c1-24(2)8-9-30-22(29(24)3)12-21(28-23(30)31)32-14-15-4-7-20(16(10-15)13-27)33-17-5-6-18(25)19(26)11-17/h4-7,10-12H,8-9,14H2,1-3H3. The van der Waals surface area contributed by atoms with Crippen molar-refractivity contribution >= 4 is 5.82 Å². The Balaban J connectivity index is 1.52. The van der Waals surface area contributed by atoms with Crippen molar-refractivity contribution in [3.05, 3.63) is 75.7 Å². The van der Waals surface area contributed by atoms with Crippen LogP contribution in [0.3, 0.4) is 0 Å². The normalized spacial score (nSPS) is 14.4. The first-order chi connectivity index (χ1) is 15.7. The van der Waals surface area contributed by atoms with Crippen LogP contribution in [0, 0.1) is 23.0 Å². The van der Waals surface area contributed by atoms with Crippen molar-refractivity contribution in [3.63, 3.8) is 0 Å². The molecule has 0 unspecified atom stereocenters. The monoisotopic (exact) mass is 452 g/mol. The Morgan fingerprint density at radius 2 is 1.94 bits per heavy atom. The van der Waals surface area contributed by atoms with Crippen molar-refractivity contribution in [2.45, 2.75) is 39.0 Å². The quantitative estimate of drug-likeness (QED) is 0.572. The van der Waals surface area contributed by atoms with E-state index in [1.165, 1.54) is 6.07 Å². The van der Waals surface area contributed by atoms with Gasteiger partial charge in [-0.1, -0.05) is 6.07 Å². The first kappa shape index (κ1) is 22.3. The molecule has 0 spiro atoms. The Hall–Kier alpha value is -3.93. The van der Waals surface area contributed by atoms with E-state index in [1.807, 2.05) is 18.0 Å². The highest BCUT2D eigenvalue weighted by atomic mass is 19.2. The summed E-state index contributed by atoms with van der Waals surface area (Å²) in [6.45, 7) is 4.87. The molecule has 0 radical (unpaired) electrons. The number of hydrogen-bond donors (Lipinski definition) is 0. The van der Waals surface area contributed by atoms with Gasteiger partial charge in [-0.2, -0.15) is 10.2 Å². The average Bonchev–Trinajstić information content (AvgIpc) is 2.78. The van der Waals surface area contributed by atoms with Gasteiger partial charge in [-0.15, -0.1) is 0 Å². The third-order valence-corrected chi connectivity index (χ3v) is 5.83. The lowest BCUT2D eigenvalue weighted by Gasteiger charge is -2.42. The molecule has 2 heterocycles. The number of hydrogen-bond acceptors (Lipinski definition) is 6. The first-order valence-corrected chi connectivity index (χ1v) is 10.3. The number of fused-ring (bicyclic) bond motifs is 1. The van der Waals surface area contributed by atoms with Crippen LogP contribution in [0.15, 0.2) is 47.3 Å². The molecule has 4 rings (SSSR count). The van der Waals surface area contributed by atoms with Crippen LogP contribution < -0.4 is 20.1 Å². The van der Waals surface area contributed by atoms with Gasteiger partial charge in [0, 0.05) is 31.3 Å². The highest BCUT2D eigenvalue weighted by molar-refractivity contribution is 5.48. The Labute approximate surface area is 189 Å². The molecule has 1 aliphatic rings. The molecule has 3 aromatic rings. The van der Waals surface area contributed by atoms with Gasteiger partial charge in [-0.05, 0) is 50.1 Å². The second-order valence-electron chi connectivity index (χ2n) is 8.42. The van der Waals surface area contributed by atoms with Crippen LogP contribution in [0.25, 0.3) is 0 Å². The molecule has 0 bridgehead atoms. The van der Waals surface area contributed by atoms with Crippen molar-refractivity contribution < 1.29 is 18.3 Å². The van der Waals surface area contributed by atoms with Crippen LogP contribution in [0.4, 0.5) is 14.6 Å². The van der Waals surface area contributed by atoms with E-state index in [0.717, 1.165) is 24.4 Å². The predicted octanol–water partition coefficient (Wildman–Crippen LogP) is 4.38. The smallest absolute Gasteiger partial charge is 0.352 e. The summed E-state index contributed by atoms with van der Waals surface area (Å²) in [5, 5.41) is 9.49. The zero-order valence-corrected chi connectivity index (χ0v) is 18.4. The van der Waals surface area contributed by atoms with Gasteiger partial charge in [-0.3, -0.25) is 4.57 Å². The molecule has 1 aliphatic heterocycles. The highest BCUT2D eigenvalue weighted by Crippen LogP contribution is 2.31. The van der Waals surface area contributed by atoms with Crippen molar-refractivity contribution in [1.29, 1.82) is 5.26 Å². The molecule has 0 amide bonds. The SMILES string of the molecule is CN1c2cc(OCc3ccc(Oc4ccc(F)c(F)c4)c(C#N)c3)nc(=O)n2CCC1(C)C. The van der Waals surface area contributed by atoms with Gasteiger partial charge in [0.25, 0.3) is 0 Å². The second kappa shape index (κ2) is 8.54. The van der Waals surface area contributed by atoms with Crippen LogP contribution in [-0.4, -0.2) is 22.1 Å². The lowest BCUT2D eigenvalue weighted by atomic mass is 9.96. The molecular weight excluding hydrogens is 430 g/mol. The van der Waals surface area contributed by atoms with E-state index in [9.17, 15) is 18.8 Å². The predicted molar refractivity (Wildman–Crippen MR) is 118 cm³/mol. The summed E-state index contributed by atoms with van der Waals surface area (Å²) in [7, 11) is 1.93. The Morgan fingerprint density at radius 1 is 1.15 bits per heavy atom. The Bertz CT molecular complexity index is 1310. The molecule has 7 nitrogen and oxygen atoms in total. The zero-order chi connectivity index (χ0) is 23.8. The minimum atomic E-state index is -1.04. The molecule has 0 aliphatic carbocycles. The minimum absolute atomic E-state index is 0.0696. The van der Waals surface area contributed by atoms with E-state index < -0.39 is 11.6 Å². The fourth-order valence-electron chi connectivity index (χ4n) is 3.57. The molecule has 0 N–H and O–H groups in total. The third kappa shape index (κ3) is 4.51. The van der Waals surface area contributed by atoms with Crippen LogP contribution in [-0.2, 0) is 13.2 Å². The van der Waals surface area contributed by atoms with Crippen molar-refractivity contribution in [2.75, 3.05) is 11.9 Å². The van der Waals surface area contributed by atoms with Crippen molar-refractivity contribution in [3.8, 4) is 23.4 Å². The van der Waals surface area contributed by atoms with Crippen LogP contribution in [0.1, 0.15) is 31.4 Å². The summed E-state index contributed by atoms with van der Waals surface area (Å²) >= 11 is 0. The lowest BCUT2D eigenvalue weighted by molar-refractivity contribution is 0.287. The van der Waals surface area contributed by atoms with E-state index in [2.05, 4.69) is 18.8 Å². The van der Waals surface area contributed by atoms with E-state index in [1.54, 1.807) is 28.8 Å². The fourth-order valence-corrected chi connectivity index (χ4v) is 3.57. The van der Waals surface area contributed by atoms with Crippen LogP contribution in [0.5, 0.6) is 17.4 Å². The molecule has 0 fully saturated rings. The summed E-state index contributed by atoms with van der Waals surface area (Å²) in [4.78, 5) is 18.5. The van der Waals surface area contributed by atoms with Crippen molar-refractivity contribution in [1.82, 2.24) is 9.55 Å². The molecule has 0 saturated heterocycles. The highest BCUT2D eigenvalue weighted by Gasteiger charge is 2.31. The van der Waals surface area contributed by atoms with Gasteiger partial charge < -0.3 is 14.4 Å². The largest absolute Gasteiger partial charge is 0.473 e. The second-order valence-corrected chi connectivity index (χ2v) is 8.42. The third-order valence-electron chi connectivity index (χ3n) is 5.83. The van der Waals surface area contributed by atoms with Crippen molar-refractivity contribution in [2.24, 2.45) is 0 Å². The summed E-state index contributed by atoms with van der Waals surface area (Å²) < 4.78 is 39.4. The number of nitrogens with zero attached hydrogens (tertiary/aromatic N) is 4. The summed E-state index contributed by atoms with van der Waals surface area (Å²) in [6, 6.07) is 11.7. The number of nitriles is 1.